The number of hydrogen-bond acceptors (Lipinski definition) is 5. The van der Waals surface area contributed by atoms with Crippen LogP contribution in [-0.4, -0.2) is 56.6 Å². The monoisotopic (exact) mass is 220 g/mol. The van der Waals surface area contributed by atoms with E-state index in [1.165, 1.54) is 14.2 Å². The molecular formula is C10H20O5. The molecule has 0 rings (SSSR count). The maximum Gasteiger partial charge on any atom is 0.151 e. The third-order valence-electron chi connectivity index (χ3n) is 2.16. The van der Waals surface area contributed by atoms with Crippen LogP contribution < -0.4 is 0 Å². The second-order valence-electron chi connectivity index (χ2n) is 3.20. The van der Waals surface area contributed by atoms with Gasteiger partial charge in [-0.25, -0.2) is 0 Å². The summed E-state index contributed by atoms with van der Waals surface area (Å²) in [6.07, 6.45) is -1.99. The summed E-state index contributed by atoms with van der Waals surface area (Å²) < 4.78 is 15.4. The van der Waals surface area contributed by atoms with E-state index < -0.39 is 24.4 Å². The molecule has 0 radical (unpaired) electrons. The number of aldehydes is 1. The number of ether oxygens (including phenoxy) is 3. The van der Waals surface area contributed by atoms with Crippen LogP contribution >= 0.6 is 0 Å². The Balaban J connectivity index is 4.65. The van der Waals surface area contributed by atoms with Crippen molar-refractivity contribution in [2.45, 2.75) is 38.3 Å². The van der Waals surface area contributed by atoms with Crippen LogP contribution in [0.3, 0.4) is 0 Å². The van der Waals surface area contributed by atoms with Gasteiger partial charge in [0.15, 0.2) is 6.29 Å². The lowest BCUT2D eigenvalue weighted by molar-refractivity contribution is -0.155. The van der Waals surface area contributed by atoms with Crippen molar-refractivity contribution in [3.63, 3.8) is 0 Å². The predicted molar refractivity (Wildman–Crippen MR) is 54.8 cm³/mol. The molecule has 90 valence electrons. The van der Waals surface area contributed by atoms with Crippen molar-refractivity contribution in [1.82, 2.24) is 0 Å². The largest absolute Gasteiger partial charge is 0.391 e. The van der Waals surface area contributed by atoms with Crippen molar-refractivity contribution in [3.05, 3.63) is 0 Å². The standard InChI is InChI=1S/C10H20O5/c1-5-15-10(8(6-11)13-3)9(14-4)7(2)12/h6-10,12H,5H2,1-4H3/t7-,8-,9-,10-/m1/s1. The van der Waals surface area contributed by atoms with Crippen LogP contribution in [0.4, 0.5) is 0 Å². The first-order valence-electron chi connectivity index (χ1n) is 4.92. The Morgan fingerprint density at radius 1 is 1.27 bits per heavy atom. The fourth-order valence-corrected chi connectivity index (χ4v) is 1.44. The van der Waals surface area contributed by atoms with E-state index in [-0.39, 0.29) is 0 Å². The summed E-state index contributed by atoms with van der Waals surface area (Å²) in [5.74, 6) is 0. The summed E-state index contributed by atoms with van der Waals surface area (Å²) >= 11 is 0. The van der Waals surface area contributed by atoms with Gasteiger partial charge >= 0.3 is 0 Å². The summed E-state index contributed by atoms with van der Waals surface area (Å²) in [6, 6.07) is 0. The lowest BCUT2D eigenvalue weighted by Gasteiger charge is -2.30. The molecule has 1 N–H and O–H groups in total. The van der Waals surface area contributed by atoms with Crippen LogP contribution in [-0.2, 0) is 19.0 Å². The SMILES string of the molecule is CCO[C@@H]([C@H](OC)[C@@H](C)O)[C@@H](C=O)OC. The zero-order valence-electron chi connectivity index (χ0n) is 9.67. The van der Waals surface area contributed by atoms with E-state index >= 15 is 0 Å². The van der Waals surface area contributed by atoms with Gasteiger partial charge in [0.25, 0.3) is 0 Å². The molecule has 0 aromatic heterocycles. The molecule has 0 unspecified atom stereocenters. The number of carbonyl (C=O) groups is 1. The van der Waals surface area contributed by atoms with E-state index in [1.54, 1.807) is 13.8 Å². The molecule has 0 bridgehead atoms. The second kappa shape index (κ2) is 7.76. The van der Waals surface area contributed by atoms with Gasteiger partial charge in [-0.05, 0) is 13.8 Å². The first kappa shape index (κ1) is 14.5. The first-order valence-corrected chi connectivity index (χ1v) is 4.92. The van der Waals surface area contributed by atoms with E-state index in [0.717, 1.165) is 0 Å². The van der Waals surface area contributed by atoms with Gasteiger partial charge in [-0.15, -0.1) is 0 Å². The average molecular weight is 220 g/mol. The number of carbonyl (C=O) groups excluding carboxylic acids is 1. The summed E-state index contributed by atoms with van der Waals surface area (Å²) in [6.45, 7) is 3.81. The van der Waals surface area contributed by atoms with E-state index in [9.17, 15) is 9.90 Å². The maximum absolute atomic E-state index is 10.8. The molecule has 0 saturated carbocycles. The van der Waals surface area contributed by atoms with Crippen LogP contribution in [0, 0.1) is 0 Å². The third kappa shape index (κ3) is 4.25. The highest BCUT2D eigenvalue weighted by atomic mass is 16.6. The minimum atomic E-state index is -0.732. The smallest absolute Gasteiger partial charge is 0.151 e. The van der Waals surface area contributed by atoms with Crippen molar-refractivity contribution in [1.29, 1.82) is 0 Å². The van der Waals surface area contributed by atoms with Crippen LogP contribution in [0.5, 0.6) is 0 Å². The lowest BCUT2D eigenvalue weighted by Crippen LogP contribution is -2.47. The van der Waals surface area contributed by atoms with Crippen molar-refractivity contribution in [2.24, 2.45) is 0 Å². The minimum Gasteiger partial charge on any atom is -0.391 e. The van der Waals surface area contributed by atoms with Crippen molar-refractivity contribution in [2.75, 3.05) is 20.8 Å². The molecule has 0 aromatic carbocycles. The minimum absolute atomic E-state index is 0.422. The van der Waals surface area contributed by atoms with Crippen molar-refractivity contribution >= 4 is 6.29 Å². The van der Waals surface area contributed by atoms with Crippen molar-refractivity contribution < 1.29 is 24.1 Å². The van der Waals surface area contributed by atoms with Gasteiger partial charge in [-0.2, -0.15) is 0 Å². The highest BCUT2D eigenvalue weighted by molar-refractivity contribution is 5.57. The number of hydrogen-bond donors (Lipinski definition) is 1. The number of methoxy groups -OCH3 is 2. The summed E-state index contributed by atoms with van der Waals surface area (Å²) in [7, 11) is 2.88. The normalized spacial score (nSPS) is 19.3. The Hall–Kier alpha value is -0.490. The average Bonchev–Trinajstić information content (AvgIpc) is 2.20. The first-order chi connectivity index (χ1) is 7.12. The Morgan fingerprint density at radius 3 is 2.13 bits per heavy atom. The summed E-state index contributed by atoms with van der Waals surface area (Å²) in [4.78, 5) is 10.8. The van der Waals surface area contributed by atoms with Gasteiger partial charge in [0.2, 0.25) is 0 Å². The summed E-state index contributed by atoms with van der Waals surface area (Å²) in [5.41, 5.74) is 0. The van der Waals surface area contributed by atoms with E-state index in [1.807, 2.05) is 0 Å². The van der Waals surface area contributed by atoms with E-state index in [4.69, 9.17) is 14.2 Å². The Morgan fingerprint density at radius 2 is 1.87 bits per heavy atom. The molecule has 5 heteroatoms. The highest BCUT2D eigenvalue weighted by Crippen LogP contribution is 2.13. The van der Waals surface area contributed by atoms with E-state index in [0.29, 0.717) is 12.9 Å². The molecule has 15 heavy (non-hydrogen) atoms. The Labute approximate surface area is 90.3 Å². The molecule has 0 aromatic rings. The van der Waals surface area contributed by atoms with Gasteiger partial charge in [0, 0.05) is 20.8 Å². The zero-order valence-corrected chi connectivity index (χ0v) is 9.67. The quantitative estimate of drug-likeness (QED) is 0.583. The second-order valence-corrected chi connectivity index (χ2v) is 3.20. The molecule has 0 aliphatic carbocycles. The number of rotatable bonds is 8. The van der Waals surface area contributed by atoms with Crippen LogP contribution in [0.1, 0.15) is 13.8 Å². The van der Waals surface area contributed by atoms with Crippen LogP contribution in [0.15, 0.2) is 0 Å². The number of aliphatic hydroxyl groups excluding tert-OH is 1. The molecule has 0 heterocycles. The fourth-order valence-electron chi connectivity index (χ4n) is 1.44. The van der Waals surface area contributed by atoms with Gasteiger partial charge in [0.1, 0.15) is 18.3 Å². The summed E-state index contributed by atoms with van der Waals surface area (Å²) in [5, 5.41) is 9.47. The lowest BCUT2D eigenvalue weighted by atomic mass is 10.0. The molecule has 0 amide bonds. The fraction of sp³-hybridized carbons (Fsp3) is 0.900. The molecule has 0 aliphatic heterocycles. The Kier molecular flexibility index (Phi) is 7.50. The zero-order chi connectivity index (χ0) is 11.8. The molecule has 4 atom stereocenters. The molecule has 0 aliphatic rings. The Bertz CT molecular complexity index is 171. The maximum atomic E-state index is 10.8. The topological polar surface area (TPSA) is 65.0 Å². The van der Waals surface area contributed by atoms with E-state index in [2.05, 4.69) is 0 Å². The van der Waals surface area contributed by atoms with Crippen LogP contribution in [0.25, 0.3) is 0 Å². The molecule has 0 saturated heterocycles. The van der Waals surface area contributed by atoms with Gasteiger partial charge in [-0.1, -0.05) is 0 Å². The molecule has 0 spiro atoms. The molecular weight excluding hydrogens is 200 g/mol. The molecule has 5 nitrogen and oxygen atoms in total. The van der Waals surface area contributed by atoms with Gasteiger partial charge < -0.3 is 24.1 Å². The molecule has 0 fully saturated rings. The van der Waals surface area contributed by atoms with Crippen LogP contribution in [0.2, 0.25) is 0 Å². The van der Waals surface area contributed by atoms with Gasteiger partial charge in [0.05, 0.1) is 6.10 Å². The number of aliphatic hydroxyl groups is 1. The third-order valence-corrected chi connectivity index (χ3v) is 2.16. The predicted octanol–water partition coefficient (Wildman–Crippen LogP) is 0.00120. The van der Waals surface area contributed by atoms with Crippen molar-refractivity contribution in [3.8, 4) is 0 Å². The highest BCUT2D eigenvalue weighted by Gasteiger charge is 2.33. The van der Waals surface area contributed by atoms with Gasteiger partial charge in [-0.3, -0.25) is 0 Å².